The summed E-state index contributed by atoms with van der Waals surface area (Å²) in [6.45, 7) is 1.84. The number of nitrogens with zero attached hydrogens (tertiary/aromatic N) is 2. The average Bonchev–Trinajstić information content (AvgIpc) is 2.58. The predicted molar refractivity (Wildman–Crippen MR) is 56.1 cm³/mol. The van der Waals surface area contributed by atoms with Crippen molar-refractivity contribution in [3.05, 3.63) is 44.8 Å². The van der Waals surface area contributed by atoms with Gasteiger partial charge >= 0.3 is 5.69 Å². The summed E-state index contributed by atoms with van der Waals surface area (Å²) in [5.74, 6) is 1.08. The molecule has 0 saturated heterocycles. The molecule has 0 aliphatic carbocycles. The lowest BCUT2D eigenvalue weighted by atomic mass is 10.5. The van der Waals surface area contributed by atoms with Crippen LogP contribution in [0.15, 0.2) is 26.3 Å². The van der Waals surface area contributed by atoms with Crippen molar-refractivity contribution in [3.63, 3.8) is 0 Å². The third kappa shape index (κ3) is 1.88. The lowest BCUT2D eigenvalue weighted by Gasteiger charge is -2.04. The van der Waals surface area contributed by atoms with E-state index < -0.39 is 11.2 Å². The molecule has 2 aromatic rings. The summed E-state index contributed by atoms with van der Waals surface area (Å²) in [4.78, 5) is 28.4. The number of H-pyrrole nitrogens is 1. The first-order valence-electron chi connectivity index (χ1n) is 4.57. The van der Waals surface area contributed by atoms with Gasteiger partial charge in [-0.05, 0) is 6.92 Å². The first kappa shape index (κ1) is 10.2. The summed E-state index contributed by atoms with van der Waals surface area (Å²) in [6.07, 6.45) is 1.54. The Balaban J connectivity index is 2.42. The maximum atomic E-state index is 11.4. The number of rotatable bonds is 2. The highest BCUT2D eigenvalue weighted by atomic mass is 16.4. The van der Waals surface area contributed by atoms with Gasteiger partial charge in [-0.15, -0.1) is 0 Å². The molecule has 7 nitrogen and oxygen atoms in total. The largest absolute Gasteiger partial charge is 0.444 e. The molecule has 0 fully saturated rings. The molecular formula is C9H10N4O3. The van der Waals surface area contributed by atoms with Gasteiger partial charge in [0.15, 0.2) is 0 Å². The molecule has 0 aliphatic heterocycles. The first-order valence-corrected chi connectivity index (χ1v) is 4.57. The smallest absolute Gasteiger partial charge is 0.330 e. The van der Waals surface area contributed by atoms with Gasteiger partial charge in [0, 0.05) is 6.07 Å². The van der Waals surface area contributed by atoms with Crippen LogP contribution in [0.4, 0.5) is 5.82 Å². The van der Waals surface area contributed by atoms with Gasteiger partial charge in [0.2, 0.25) is 5.89 Å². The van der Waals surface area contributed by atoms with Crippen LogP contribution in [0.25, 0.3) is 0 Å². The van der Waals surface area contributed by atoms with Gasteiger partial charge in [-0.1, -0.05) is 0 Å². The van der Waals surface area contributed by atoms with Crippen LogP contribution in [0.1, 0.15) is 11.7 Å². The topological polar surface area (TPSA) is 107 Å². The van der Waals surface area contributed by atoms with Crippen LogP contribution in [-0.2, 0) is 6.54 Å². The van der Waals surface area contributed by atoms with E-state index in [0.717, 1.165) is 6.07 Å². The fourth-order valence-electron chi connectivity index (χ4n) is 1.31. The quantitative estimate of drug-likeness (QED) is 0.709. The van der Waals surface area contributed by atoms with Gasteiger partial charge in [-0.3, -0.25) is 14.3 Å². The number of aromatic amines is 1. The Labute approximate surface area is 89.5 Å². The maximum absolute atomic E-state index is 11.4. The molecule has 84 valence electrons. The Bertz CT molecular complexity index is 622. The van der Waals surface area contributed by atoms with Crippen molar-refractivity contribution in [1.82, 2.24) is 14.5 Å². The minimum Gasteiger partial charge on any atom is -0.444 e. The monoisotopic (exact) mass is 222 g/mol. The van der Waals surface area contributed by atoms with Crippen LogP contribution in [0.3, 0.4) is 0 Å². The zero-order valence-electron chi connectivity index (χ0n) is 8.56. The Morgan fingerprint density at radius 2 is 2.31 bits per heavy atom. The standard InChI is InChI=1S/C9H10N4O3/c1-5-3-11-8(16-5)4-13-6(10)2-7(14)12-9(13)15/h2-3H,4,10H2,1H3,(H,12,14,15). The summed E-state index contributed by atoms with van der Waals surface area (Å²) in [5, 5.41) is 0. The molecule has 0 unspecified atom stereocenters. The zero-order chi connectivity index (χ0) is 11.7. The second-order valence-corrected chi connectivity index (χ2v) is 3.31. The molecule has 0 saturated carbocycles. The molecule has 0 atom stereocenters. The van der Waals surface area contributed by atoms with Crippen molar-refractivity contribution in [2.75, 3.05) is 5.73 Å². The molecule has 16 heavy (non-hydrogen) atoms. The van der Waals surface area contributed by atoms with Crippen molar-refractivity contribution >= 4 is 5.82 Å². The fourth-order valence-corrected chi connectivity index (χ4v) is 1.31. The number of nitrogens with two attached hydrogens (primary N) is 1. The molecule has 0 bridgehead atoms. The highest BCUT2D eigenvalue weighted by Crippen LogP contribution is 2.04. The van der Waals surface area contributed by atoms with E-state index in [0.29, 0.717) is 11.7 Å². The molecule has 3 N–H and O–H groups in total. The third-order valence-electron chi connectivity index (χ3n) is 2.03. The minimum atomic E-state index is -0.583. The van der Waals surface area contributed by atoms with Crippen LogP contribution in [0.2, 0.25) is 0 Å². The Morgan fingerprint density at radius 3 is 2.88 bits per heavy atom. The Hall–Kier alpha value is -2.31. The fraction of sp³-hybridized carbons (Fsp3) is 0.222. The number of aryl methyl sites for hydroxylation is 1. The summed E-state index contributed by atoms with van der Waals surface area (Å²) in [6, 6.07) is 1.14. The van der Waals surface area contributed by atoms with E-state index in [9.17, 15) is 9.59 Å². The number of hydrogen-bond acceptors (Lipinski definition) is 5. The zero-order valence-corrected chi connectivity index (χ0v) is 8.56. The number of aromatic nitrogens is 3. The highest BCUT2D eigenvalue weighted by molar-refractivity contribution is 5.26. The first-order chi connectivity index (χ1) is 7.56. The molecular weight excluding hydrogens is 212 g/mol. The van der Waals surface area contributed by atoms with E-state index in [1.807, 2.05) is 0 Å². The lowest BCUT2D eigenvalue weighted by Crippen LogP contribution is -2.31. The van der Waals surface area contributed by atoms with Crippen molar-refractivity contribution in [2.24, 2.45) is 0 Å². The Morgan fingerprint density at radius 1 is 1.56 bits per heavy atom. The van der Waals surface area contributed by atoms with Gasteiger partial charge in [-0.2, -0.15) is 0 Å². The summed E-state index contributed by atoms with van der Waals surface area (Å²) in [5.41, 5.74) is 4.44. The van der Waals surface area contributed by atoms with E-state index in [1.165, 1.54) is 4.57 Å². The van der Waals surface area contributed by atoms with Crippen molar-refractivity contribution in [3.8, 4) is 0 Å². The normalized spacial score (nSPS) is 10.6. The van der Waals surface area contributed by atoms with Crippen molar-refractivity contribution < 1.29 is 4.42 Å². The van der Waals surface area contributed by atoms with E-state index >= 15 is 0 Å². The van der Waals surface area contributed by atoms with E-state index in [4.69, 9.17) is 10.2 Å². The summed E-state index contributed by atoms with van der Waals surface area (Å²) < 4.78 is 6.38. The molecule has 0 amide bonds. The SMILES string of the molecule is Cc1cnc(Cn2c(N)cc(=O)[nH]c2=O)o1. The van der Waals surface area contributed by atoms with Gasteiger partial charge in [0.05, 0.1) is 6.20 Å². The molecule has 0 aliphatic rings. The highest BCUT2D eigenvalue weighted by Gasteiger charge is 2.07. The van der Waals surface area contributed by atoms with E-state index in [2.05, 4.69) is 9.97 Å². The average molecular weight is 222 g/mol. The van der Waals surface area contributed by atoms with Gasteiger partial charge in [0.1, 0.15) is 18.1 Å². The Kier molecular flexibility index (Phi) is 2.35. The number of anilines is 1. The van der Waals surface area contributed by atoms with Crippen LogP contribution < -0.4 is 17.0 Å². The maximum Gasteiger partial charge on any atom is 0.330 e. The number of nitrogen functional groups attached to an aromatic ring is 1. The molecule has 2 rings (SSSR count). The molecule has 0 spiro atoms. The van der Waals surface area contributed by atoms with Crippen molar-refractivity contribution in [2.45, 2.75) is 13.5 Å². The van der Waals surface area contributed by atoms with Gasteiger partial charge in [0.25, 0.3) is 5.56 Å². The number of oxazole rings is 1. The second kappa shape index (κ2) is 3.69. The van der Waals surface area contributed by atoms with E-state index in [1.54, 1.807) is 13.1 Å². The summed E-state index contributed by atoms with van der Waals surface area (Å²) >= 11 is 0. The van der Waals surface area contributed by atoms with Crippen molar-refractivity contribution in [1.29, 1.82) is 0 Å². The van der Waals surface area contributed by atoms with Crippen LogP contribution in [-0.4, -0.2) is 14.5 Å². The van der Waals surface area contributed by atoms with E-state index in [-0.39, 0.29) is 12.4 Å². The molecule has 0 radical (unpaired) electrons. The lowest BCUT2D eigenvalue weighted by molar-refractivity contribution is 0.453. The molecule has 7 heteroatoms. The van der Waals surface area contributed by atoms with Gasteiger partial charge in [-0.25, -0.2) is 9.78 Å². The van der Waals surface area contributed by atoms with Crippen LogP contribution in [0, 0.1) is 6.92 Å². The van der Waals surface area contributed by atoms with Crippen LogP contribution in [0.5, 0.6) is 0 Å². The second-order valence-electron chi connectivity index (χ2n) is 3.31. The molecule has 2 heterocycles. The molecule has 0 aromatic carbocycles. The predicted octanol–water partition coefficient (Wildman–Crippen LogP) is -0.536. The van der Waals surface area contributed by atoms with Gasteiger partial charge < -0.3 is 10.2 Å². The number of hydrogen-bond donors (Lipinski definition) is 2. The van der Waals surface area contributed by atoms with Crippen LogP contribution >= 0.6 is 0 Å². The summed E-state index contributed by atoms with van der Waals surface area (Å²) in [7, 11) is 0. The molecule has 2 aromatic heterocycles. The number of nitrogens with one attached hydrogen (secondary N) is 1. The minimum absolute atomic E-state index is 0.0737. The third-order valence-corrected chi connectivity index (χ3v) is 2.03.